The van der Waals surface area contributed by atoms with E-state index < -0.39 is 0 Å². The molecule has 2 aliphatic rings. The SMILES string of the molecule is COc1ccc(C(=O)N2CCC(C3CCNC3)CC2)c(OC)n1. The van der Waals surface area contributed by atoms with Crippen LogP contribution in [0.15, 0.2) is 12.1 Å². The van der Waals surface area contributed by atoms with Crippen LogP contribution in [0.3, 0.4) is 0 Å². The van der Waals surface area contributed by atoms with E-state index in [-0.39, 0.29) is 5.91 Å². The van der Waals surface area contributed by atoms with Gasteiger partial charge in [-0.05, 0) is 50.3 Å². The summed E-state index contributed by atoms with van der Waals surface area (Å²) < 4.78 is 10.3. The first-order chi connectivity index (χ1) is 11.2. The van der Waals surface area contributed by atoms with Gasteiger partial charge in [0.05, 0.1) is 14.2 Å². The lowest BCUT2D eigenvalue weighted by atomic mass is 9.83. The second-order valence-corrected chi connectivity index (χ2v) is 6.29. The molecule has 0 saturated carbocycles. The number of aromatic nitrogens is 1. The van der Waals surface area contributed by atoms with Crippen LogP contribution in [0.25, 0.3) is 0 Å². The maximum Gasteiger partial charge on any atom is 0.259 e. The van der Waals surface area contributed by atoms with Crippen molar-refractivity contribution in [1.82, 2.24) is 15.2 Å². The molecule has 2 aliphatic heterocycles. The minimum Gasteiger partial charge on any atom is -0.481 e. The number of pyridine rings is 1. The smallest absolute Gasteiger partial charge is 0.259 e. The fourth-order valence-electron chi connectivity index (χ4n) is 3.68. The van der Waals surface area contributed by atoms with E-state index >= 15 is 0 Å². The molecule has 3 rings (SSSR count). The zero-order valence-corrected chi connectivity index (χ0v) is 13.9. The number of nitrogens with one attached hydrogen (secondary N) is 1. The summed E-state index contributed by atoms with van der Waals surface area (Å²) in [5, 5.41) is 3.44. The van der Waals surface area contributed by atoms with Crippen molar-refractivity contribution in [3.8, 4) is 11.8 Å². The van der Waals surface area contributed by atoms with Crippen LogP contribution in [0, 0.1) is 11.8 Å². The predicted molar refractivity (Wildman–Crippen MR) is 86.9 cm³/mol. The van der Waals surface area contributed by atoms with Gasteiger partial charge in [0.25, 0.3) is 5.91 Å². The number of nitrogens with zero attached hydrogens (tertiary/aromatic N) is 2. The summed E-state index contributed by atoms with van der Waals surface area (Å²) in [7, 11) is 3.07. The zero-order valence-electron chi connectivity index (χ0n) is 13.9. The molecule has 1 unspecified atom stereocenters. The number of methoxy groups -OCH3 is 2. The van der Waals surface area contributed by atoms with Gasteiger partial charge >= 0.3 is 0 Å². The van der Waals surface area contributed by atoms with Crippen molar-refractivity contribution >= 4 is 5.91 Å². The van der Waals surface area contributed by atoms with E-state index in [1.807, 2.05) is 4.90 Å². The molecule has 0 aliphatic carbocycles. The summed E-state index contributed by atoms with van der Waals surface area (Å²) >= 11 is 0. The highest BCUT2D eigenvalue weighted by Gasteiger charge is 2.31. The van der Waals surface area contributed by atoms with Gasteiger partial charge in [0.1, 0.15) is 5.56 Å². The molecule has 0 aromatic carbocycles. The molecule has 6 heteroatoms. The van der Waals surface area contributed by atoms with Gasteiger partial charge in [-0.15, -0.1) is 0 Å². The van der Waals surface area contributed by atoms with Gasteiger partial charge in [-0.1, -0.05) is 0 Å². The van der Waals surface area contributed by atoms with Crippen molar-refractivity contribution in [3.63, 3.8) is 0 Å². The molecule has 126 valence electrons. The molecule has 3 heterocycles. The second-order valence-electron chi connectivity index (χ2n) is 6.29. The lowest BCUT2D eigenvalue weighted by molar-refractivity contribution is 0.0659. The van der Waals surface area contributed by atoms with Crippen LogP contribution < -0.4 is 14.8 Å². The Balaban J connectivity index is 1.65. The highest BCUT2D eigenvalue weighted by molar-refractivity contribution is 5.96. The van der Waals surface area contributed by atoms with Crippen molar-refractivity contribution in [2.45, 2.75) is 19.3 Å². The Kier molecular flexibility index (Phi) is 5.00. The third kappa shape index (κ3) is 3.42. The van der Waals surface area contributed by atoms with E-state index in [0.29, 0.717) is 17.3 Å². The second kappa shape index (κ2) is 7.17. The van der Waals surface area contributed by atoms with Crippen molar-refractivity contribution < 1.29 is 14.3 Å². The first-order valence-corrected chi connectivity index (χ1v) is 8.32. The summed E-state index contributed by atoms with van der Waals surface area (Å²) in [5.74, 6) is 2.30. The first kappa shape index (κ1) is 16.1. The molecule has 23 heavy (non-hydrogen) atoms. The lowest BCUT2D eigenvalue weighted by Crippen LogP contribution is -2.40. The number of carbonyl (C=O) groups excluding carboxylic acids is 1. The van der Waals surface area contributed by atoms with Crippen molar-refractivity contribution in [3.05, 3.63) is 17.7 Å². The Morgan fingerprint density at radius 1 is 1.17 bits per heavy atom. The zero-order chi connectivity index (χ0) is 16.2. The van der Waals surface area contributed by atoms with E-state index in [0.717, 1.165) is 50.9 Å². The number of piperidine rings is 1. The van der Waals surface area contributed by atoms with Gasteiger partial charge in [0, 0.05) is 19.2 Å². The van der Waals surface area contributed by atoms with Gasteiger partial charge in [-0.3, -0.25) is 4.79 Å². The van der Waals surface area contributed by atoms with Gasteiger partial charge in [0.2, 0.25) is 11.8 Å². The van der Waals surface area contributed by atoms with Crippen LogP contribution >= 0.6 is 0 Å². The van der Waals surface area contributed by atoms with Crippen LogP contribution in [-0.4, -0.2) is 56.2 Å². The summed E-state index contributed by atoms with van der Waals surface area (Å²) in [6.45, 7) is 3.90. The maximum atomic E-state index is 12.8. The summed E-state index contributed by atoms with van der Waals surface area (Å²) in [6, 6.07) is 3.44. The van der Waals surface area contributed by atoms with E-state index in [1.54, 1.807) is 19.2 Å². The van der Waals surface area contributed by atoms with Crippen LogP contribution in [0.5, 0.6) is 11.8 Å². The normalized spacial score (nSPS) is 22.2. The van der Waals surface area contributed by atoms with E-state index in [9.17, 15) is 4.79 Å². The monoisotopic (exact) mass is 319 g/mol. The number of likely N-dealkylation sites (tertiary alicyclic amines) is 1. The number of hydrogen-bond acceptors (Lipinski definition) is 5. The third-order valence-electron chi connectivity index (χ3n) is 5.06. The van der Waals surface area contributed by atoms with E-state index in [1.165, 1.54) is 13.5 Å². The van der Waals surface area contributed by atoms with Crippen LogP contribution in [0.4, 0.5) is 0 Å². The molecule has 0 radical (unpaired) electrons. The fraction of sp³-hybridized carbons (Fsp3) is 0.647. The molecule has 1 amide bonds. The van der Waals surface area contributed by atoms with Gasteiger partial charge in [-0.25, -0.2) is 0 Å². The molecule has 2 saturated heterocycles. The fourth-order valence-corrected chi connectivity index (χ4v) is 3.68. The number of amides is 1. The number of rotatable bonds is 4. The maximum absolute atomic E-state index is 12.8. The standard InChI is InChI=1S/C17H25N3O3/c1-22-15-4-3-14(16(19-15)23-2)17(21)20-9-6-12(7-10-20)13-5-8-18-11-13/h3-4,12-13,18H,5-11H2,1-2H3. The first-order valence-electron chi connectivity index (χ1n) is 8.32. The highest BCUT2D eigenvalue weighted by atomic mass is 16.5. The van der Waals surface area contributed by atoms with Crippen molar-refractivity contribution in [2.75, 3.05) is 40.4 Å². The highest BCUT2D eigenvalue weighted by Crippen LogP contribution is 2.30. The van der Waals surface area contributed by atoms with Crippen LogP contribution in [0.1, 0.15) is 29.6 Å². The predicted octanol–water partition coefficient (Wildman–Crippen LogP) is 1.56. The Labute approximate surface area is 137 Å². The lowest BCUT2D eigenvalue weighted by Gasteiger charge is -2.34. The minimum atomic E-state index is 0.000000000000000666. The van der Waals surface area contributed by atoms with Crippen molar-refractivity contribution in [1.29, 1.82) is 0 Å². The number of carbonyl (C=O) groups is 1. The van der Waals surface area contributed by atoms with Crippen LogP contribution in [-0.2, 0) is 0 Å². The molecular formula is C17H25N3O3. The number of ether oxygens (including phenoxy) is 2. The third-order valence-corrected chi connectivity index (χ3v) is 5.06. The van der Waals surface area contributed by atoms with Crippen molar-refractivity contribution in [2.24, 2.45) is 11.8 Å². The molecule has 0 spiro atoms. The molecule has 0 bridgehead atoms. The van der Waals surface area contributed by atoms with E-state index in [4.69, 9.17) is 9.47 Å². The molecular weight excluding hydrogens is 294 g/mol. The minimum absolute atomic E-state index is 0.000000000000000666. The average molecular weight is 319 g/mol. The Morgan fingerprint density at radius 3 is 2.57 bits per heavy atom. The summed E-state index contributed by atoms with van der Waals surface area (Å²) in [5.41, 5.74) is 0.509. The van der Waals surface area contributed by atoms with Gasteiger partial charge in [0.15, 0.2) is 0 Å². The van der Waals surface area contributed by atoms with Crippen LogP contribution in [0.2, 0.25) is 0 Å². The molecule has 1 aromatic rings. The van der Waals surface area contributed by atoms with Gasteiger partial charge in [-0.2, -0.15) is 4.98 Å². The number of hydrogen-bond donors (Lipinski definition) is 1. The Bertz CT molecular complexity index is 550. The average Bonchev–Trinajstić information content (AvgIpc) is 3.15. The Morgan fingerprint density at radius 2 is 1.96 bits per heavy atom. The molecule has 1 atom stereocenters. The molecule has 1 N–H and O–H groups in total. The molecule has 2 fully saturated rings. The van der Waals surface area contributed by atoms with E-state index in [2.05, 4.69) is 10.3 Å². The Hall–Kier alpha value is -1.82. The van der Waals surface area contributed by atoms with Gasteiger partial charge < -0.3 is 19.7 Å². The molecule has 6 nitrogen and oxygen atoms in total. The quantitative estimate of drug-likeness (QED) is 0.912. The largest absolute Gasteiger partial charge is 0.481 e. The molecule has 1 aromatic heterocycles. The summed E-state index contributed by atoms with van der Waals surface area (Å²) in [4.78, 5) is 18.9. The summed E-state index contributed by atoms with van der Waals surface area (Å²) in [6.07, 6.45) is 3.45. The topological polar surface area (TPSA) is 63.7 Å².